The SMILES string of the molecule is CCC(=O)N1CCC(NC(=NC)NCCc2ccc(N(C)C)cc2)C1. The summed E-state index contributed by atoms with van der Waals surface area (Å²) in [5.74, 6) is 1.04. The van der Waals surface area contributed by atoms with Crippen LogP contribution in [0.4, 0.5) is 5.69 Å². The predicted octanol–water partition coefficient (Wildman–Crippen LogP) is 1.47. The highest BCUT2D eigenvalue weighted by Gasteiger charge is 2.25. The number of anilines is 1. The summed E-state index contributed by atoms with van der Waals surface area (Å²) < 4.78 is 0. The maximum atomic E-state index is 11.8. The molecule has 0 saturated carbocycles. The van der Waals surface area contributed by atoms with E-state index in [0.29, 0.717) is 6.42 Å². The maximum absolute atomic E-state index is 11.8. The van der Waals surface area contributed by atoms with Crippen molar-refractivity contribution in [2.45, 2.75) is 32.2 Å². The summed E-state index contributed by atoms with van der Waals surface area (Å²) in [5.41, 5.74) is 2.51. The number of carbonyl (C=O) groups is 1. The molecule has 1 heterocycles. The average Bonchev–Trinajstić information content (AvgIpc) is 3.09. The van der Waals surface area contributed by atoms with Crippen LogP contribution in [0, 0.1) is 0 Å². The van der Waals surface area contributed by atoms with E-state index in [-0.39, 0.29) is 11.9 Å². The van der Waals surface area contributed by atoms with Crippen LogP contribution in [0.1, 0.15) is 25.3 Å². The Hall–Kier alpha value is -2.24. The van der Waals surface area contributed by atoms with Crippen molar-refractivity contribution in [1.82, 2.24) is 15.5 Å². The minimum absolute atomic E-state index is 0.230. The number of aliphatic imine (C=N–C) groups is 1. The Labute approximate surface area is 151 Å². The van der Waals surface area contributed by atoms with Crippen LogP contribution < -0.4 is 15.5 Å². The van der Waals surface area contributed by atoms with E-state index in [1.807, 2.05) is 25.9 Å². The number of hydrogen-bond acceptors (Lipinski definition) is 3. The Balaban J connectivity index is 1.74. The Morgan fingerprint density at radius 1 is 1.32 bits per heavy atom. The first-order chi connectivity index (χ1) is 12.0. The first-order valence-corrected chi connectivity index (χ1v) is 9.04. The Bertz CT molecular complexity index is 582. The van der Waals surface area contributed by atoms with Crippen LogP contribution in [0.3, 0.4) is 0 Å². The molecule has 1 aliphatic rings. The van der Waals surface area contributed by atoms with Gasteiger partial charge in [-0.05, 0) is 30.5 Å². The standard InChI is InChI=1S/C19H31N5O/c1-5-18(25)24-13-11-16(14-24)22-19(20-2)21-12-10-15-6-8-17(9-7-15)23(3)4/h6-9,16H,5,10-14H2,1-4H3,(H2,20,21,22). The van der Waals surface area contributed by atoms with Crippen LogP contribution in [-0.2, 0) is 11.2 Å². The van der Waals surface area contributed by atoms with E-state index in [4.69, 9.17) is 0 Å². The molecule has 6 nitrogen and oxygen atoms in total. The van der Waals surface area contributed by atoms with Gasteiger partial charge < -0.3 is 20.4 Å². The van der Waals surface area contributed by atoms with Crippen molar-refractivity contribution < 1.29 is 4.79 Å². The molecular formula is C19H31N5O. The maximum Gasteiger partial charge on any atom is 0.222 e. The summed E-state index contributed by atoms with van der Waals surface area (Å²) in [7, 11) is 5.88. The van der Waals surface area contributed by atoms with Crippen molar-refractivity contribution in [2.75, 3.05) is 45.7 Å². The van der Waals surface area contributed by atoms with Crippen molar-refractivity contribution >= 4 is 17.6 Å². The average molecular weight is 345 g/mol. The summed E-state index contributed by atoms with van der Waals surface area (Å²) in [6.45, 7) is 4.33. The van der Waals surface area contributed by atoms with E-state index in [1.54, 1.807) is 7.05 Å². The van der Waals surface area contributed by atoms with Crippen molar-refractivity contribution in [3.8, 4) is 0 Å². The molecule has 1 aromatic carbocycles. The molecule has 0 aromatic heterocycles. The Morgan fingerprint density at radius 3 is 2.64 bits per heavy atom. The third-order valence-corrected chi connectivity index (χ3v) is 4.57. The molecule has 138 valence electrons. The van der Waals surface area contributed by atoms with Crippen LogP contribution in [0.15, 0.2) is 29.3 Å². The zero-order valence-electron chi connectivity index (χ0n) is 15.9. The van der Waals surface area contributed by atoms with Crippen molar-refractivity contribution in [3.63, 3.8) is 0 Å². The van der Waals surface area contributed by atoms with E-state index >= 15 is 0 Å². The first kappa shape index (κ1) is 19.1. The lowest BCUT2D eigenvalue weighted by Gasteiger charge is -2.19. The quantitative estimate of drug-likeness (QED) is 0.605. The fourth-order valence-electron chi connectivity index (χ4n) is 3.00. The largest absolute Gasteiger partial charge is 0.378 e. The highest BCUT2D eigenvalue weighted by molar-refractivity contribution is 5.80. The van der Waals surface area contributed by atoms with Crippen LogP contribution in [0.5, 0.6) is 0 Å². The monoisotopic (exact) mass is 345 g/mol. The molecule has 6 heteroatoms. The van der Waals surface area contributed by atoms with Crippen molar-refractivity contribution in [2.24, 2.45) is 4.99 Å². The summed E-state index contributed by atoms with van der Waals surface area (Å²) in [6.07, 6.45) is 2.49. The lowest BCUT2D eigenvalue weighted by molar-refractivity contribution is -0.129. The summed E-state index contributed by atoms with van der Waals surface area (Å²) in [4.78, 5) is 20.1. The molecule has 2 rings (SSSR count). The molecule has 0 spiro atoms. The summed E-state index contributed by atoms with van der Waals surface area (Å²) in [5, 5.41) is 6.79. The number of likely N-dealkylation sites (tertiary alicyclic amines) is 1. The number of hydrogen-bond donors (Lipinski definition) is 2. The molecule has 2 N–H and O–H groups in total. The number of guanidine groups is 1. The van der Waals surface area contributed by atoms with Gasteiger partial charge in [0, 0.05) is 58.9 Å². The van der Waals surface area contributed by atoms with Crippen molar-refractivity contribution in [3.05, 3.63) is 29.8 Å². The molecule has 1 aromatic rings. The molecule has 1 amide bonds. The van der Waals surface area contributed by atoms with Crippen LogP contribution >= 0.6 is 0 Å². The van der Waals surface area contributed by atoms with Gasteiger partial charge in [-0.2, -0.15) is 0 Å². The first-order valence-electron chi connectivity index (χ1n) is 9.04. The molecule has 0 radical (unpaired) electrons. The fraction of sp³-hybridized carbons (Fsp3) is 0.579. The summed E-state index contributed by atoms with van der Waals surface area (Å²) in [6, 6.07) is 8.89. The number of rotatable bonds is 6. The van der Waals surface area contributed by atoms with E-state index in [2.05, 4.69) is 44.8 Å². The highest BCUT2D eigenvalue weighted by atomic mass is 16.2. The minimum atomic E-state index is 0.230. The smallest absolute Gasteiger partial charge is 0.222 e. The van der Waals surface area contributed by atoms with Gasteiger partial charge in [-0.1, -0.05) is 19.1 Å². The summed E-state index contributed by atoms with van der Waals surface area (Å²) >= 11 is 0. The van der Waals surface area contributed by atoms with Gasteiger partial charge in [0.25, 0.3) is 0 Å². The zero-order chi connectivity index (χ0) is 18.2. The number of amides is 1. The lowest BCUT2D eigenvalue weighted by atomic mass is 10.1. The Kier molecular flexibility index (Phi) is 7.10. The highest BCUT2D eigenvalue weighted by Crippen LogP contribution is 2.12. The Morgan fingerprint density at radius 2 is 2.04 bits per heavy atom. The third-order valence-electron chi connectivity index (χ3n) is 4.57. The van der Waals surface area contributed by atoms with Crippen LogP contribution in [-0.4, -0.2) is 63.6 Å². The molecule has 1 aliphatic heterocycles. The van der Waals surface area contributed by atoms with E-state index in [9.17, 15) is 4.79 Å². The number of carbonyl (C=O) groups excluding carboxylic acids is 1. The number of nitrogens with zero attached hydrogens (tertiary/aromatic N) is 3. The van der Waals surface area contributed by atoms with Gasteiger partial charge in [0.05, 0.1) is 0 Å². The minimum Gasteiger partial charge on any atom is -0.378 e. The second kappa shape index (κ2) is 9.30. The normalized spacial score (nSPS) is 17.5. The third kappa shape index (κ3) is 5.66. The van der Waals surface area contributed by atoms with Gasteiger partial charge >= 0.3 is 0 Å². The lowest BCUT2D eigenvalue weighted by Crippen LogP contribution is -2.45. The molecule has 1 unspecified atom stereocenters. The molecule has 0 aliphatic carbocycles. The zero-order valence-corrected chi connectivity index (χ0v) is 15.9. The van der Waals surface area contributed by atoms with Crippen molar-refractivity contribution in [1.29, 1.82) is 0 Å². The van der Waals surface area contributed by atoms with Gasteiger partial charge in [-0.3, -0.25) is 9.79 Å². The second-order valence-electron chi connectivity index (χ2n) is 6.63. The van der Waals surface area contributed by atoms with Crippen LogP contribution in [0.2, 0.25) is 0 Å². The van der Waals surface area contributed by atoms with Gasteiger partial charge in [-0.25, -0.2) is 0 Å². The molecule has 1 saturated heterocycles. The topological polar surface area (TPSA) is 60.0 Å². The number of benzene rings is 1. The van der Waals surface area contributed by atoms with Gasteiger partial charge in [-0.15, -0.1) is 0 Å². The van der Waals surface area contributed by atoms with E-state index in [0.717, 1.165) is 38.4 Å². The van der Waals surface area contributed by atoms with Gasteiger partial charge in [0.2, 0.25) is 5.91 Å². The van der Waals surface area contributed by atoms with E-state index < -0.39 is 0 Å². The van der Waals surface area contributed by atoms with Gasteiger partial charge in [0.1, 0.15) is 0 Å². The second-order valence-corrected chi connectivity index (χ2v) is 6.63. The molecular weight excluding hydrogens is 314 g/mol. The van der Waals surface area contributed by atoms with E-state index in [1.165, 1.54) is 11.3 Å². The molecule has 1 atom stereocenters. The fourth-order valence-corrected chi connectivity index (χ4v) is 3.00. The van der Waals surface area contributed by atoms with Gasteiger partial charge in [0.15, 0.2) is 5.96 Å². The molecule has 1 fully saturated rings. The predicted molar refractivity (Wildman–Crippen MR) is 104 cm³/mol. The molecule has 25 heavy (non-hydrogen) atoms. The molecule has 0 bridgehead atoms. The number of nitrogens with one attached hydrogen (secondary N) is 2. The van der Waals surface area contributed by atoms with Crippen LogP contribution in [0.25, 0.3) is 0 Å².